The fourth-order valence-corrected chi connectivity index (χ4v) is 2.80. The molecule has 2 nitrogen and oxygen atoms in total. The van der Waals surface area contributed by atoms with Crippen LogP contribution in [0.4, 0.5) is 5.69 Å². The Kier molecular flexibility index (Phi) is 4.30. The summed E-state index contributed by atoms with van der Waals surface area (Å²) in [5, 5.41) is 4.04. The molecule has 1 N–H and O–H groups in total. The van der Waals surface area contributed by atoms with Gasteiger partial charge >= 0.3 is 0 Å². The highest BCUT2D eigenvalue weighted by Crippen LogP contribution is 2.28. The van der Waals surface area contributed by atoms with Gasteiger partial charge in [-0.15, -0.1) is 0 Å². The molecule has 0 spiro atoms. The fourth-order valence-electron chi connectivity index (χ4n) is 2.60. The molecule has 3 heteroatoms. The van der Waals surface area contributed by atoms with Gasteiger partial charge < -0.3 is 10.2 Å². The summed E-state index contributed by atoms with van der Waals surface area (Å²) in [7, 11) is 1.98. The number of piperidine rings is 1. The monoisotopic (exact) mass is 252 g/mol. The van der Waals surface area contributed by atoms with E-state index in [-0.39, 0.29) is 0 Å². The molecule has 1 fully saturated rings. The maximum absolute atomic E-state index is 6.07. The van der Waals surface area contributed by atoms with Gasteiger partial charge in [-0.05, 0) is 49.6 Å². The summed E-state index contributed by atoms with van der Waals surface area (Å²) >= 11 is 6.07. The number of benzene rings is 1. The van der Waals surface area contributed by atoms with Gasteiger partial charge in [0.15, 0.2) is 0 Å². The lowest BCUT2D eigenvalue weighted by Gasteiger charge is -2.34. The molecule has 0 amide bonds. The van der Waals surface area contributed by atoms with E-state index in [4.69, 9.17) is 11.6 Å². The number of hydrogen-bond acceptors (Lipinski definition) is 2. The Bertz CT molecular complexity index is 378. The van der Waals surface area contributed by atoms with E-state index in [0.29, 0.717) is 0 Å². The highest BCUT2D eigenvalue weighted by atomic mass is 35.5. The summed E-state index contributed by atoms with van der Waals surface area (Å²) in [6.07, 6.45) is 2.65. The number of nitrogens with zero attached hydrogens (tertiary/aromatic N) is 1. The third-order valence-corrected chi connectivity index (χ3v) is 3.64. The molecule has 0 saturated carbocycles. The van der Waals surface area contributed by atoms with Crippen LogP contribution in [-0.4, -0.2) is 20.1 Å². The van der Waals surface area contributed by atoms with Gasteiger partial charge in [-0.1, -0.05) is 18.5 Å². The molecule has 0 aromatic heterocycles. The predicted octanol–water partition coefficient (Wildman–Crippen LogP) is 3.30. The SMILES string of the molecule is CNCc1cc(Cl)ccc1N1CCCC(C)C1. The van der Waals surface area contributed by atoms with Crippen molar-refractivity contribution in [3.63, 3.8) is 0 Å². The summed E-state index contributed by atoms with van der Waals surface area (Å²) in [5.41, 5.74) is 2.64. The van der Waals surface area contributed by atoms with Crippen LogP contribution in [0.3, 0.4) is 0 Å². The minimum absolute atomic E-state index is 0.793. The van der Waals surface area contributed by atoms with Crippen LogP contribution in [0.5, 0.6) is 0 Å². The number of hydrogen-bond donors (Lipinski definition) is 1. The van der Waals surface area contributed by atoms with Gasteiger partial charge in [0, 0.05) is 30.3 Å². The molecule has 1 aliphatic rings. The van der Waals surface area contributed by atoms with Gasteiger partial charge in [-0.3, -0.25) is 0 Å². The van der Waals surface area contributed by atoms with Crippen molar-refractivity contribution in [1.82, 2.24) is 5.32 Å². The minimum Gasteiger partial charge on any atom is -0.371 e. The predicted molar refractivity (Wildman–Crippen MR) is 74.8 cm³/mol. The molecule has 2 rings (SSSR count). The first-order valence-corrected chi connectivity index (χ1v) is 6.76. The molecule has 0 radical (unpaired) electrons. The Morgan fingerprint density at radius 1 is 1.47 bits per heavy atom. The van der Waals surface area contributed by atoms with Crippen LogP contribution in [0, 0.1) is 5.92 Å². The third-order valence-electron chi connectivity index (χ3n) is 3.41. The Balaban J connectivity index is 2.23. The maximum Gasteiger partial charge on any atom is 0.0412 e. The van der Waals surface area contributed by atoms with E-state index < -0.39 is 0 Å². The number of halogens is 1. The molecule has 17 heavy (non-hydrogen) atoms. The summed E-state index contributed by atoms with van der Waals surface area (Å²) < 4.78 is 0. The van der Waals surface area contributed by atoms with E-state index in [0.717, 1.165) is 17.5 Å². The molecule has 1 aliphatic heterocycles. The van der Waals surface area contributed by atoms with Crippen LogP contribution < -0.4 is 10.2 Å². The first-order chi connectivity index (χ1) is 8.20. The van der Waals surface area contributed by atoms with Crippen molar-refractivity contribution in [2.24, 2.45) is 5.92 Å². The highest BCUT2D eigenvalue weighted by molar-refractivity contribution is 6.30. The van der Waals surface area contributed by atoms with Crippen LogP contribution in [-0.2, 0) is 6.54 Å². The van der Waals surface area contributed by atoms with Crippen LogP contribution in [0.1, 0.15) is 25.3 Å². The van der Waals surface area contributed by atoms with Crippen molar-refractivity contribution in [2.45, 2.75) is 26.3 Å². The molecule has 1 heterocycles. The molecule has 0 bridgehead atoms. The van der Waals surface area contributed by atoms with Gasteiger partial charge in [0.25, 0.3) is 0 Å². The average Bonchev–Trinajstić information content (AvgIpc) is 2.29. The topological polar surface area (TPSA) is 15.3 Å². The van der Waals surface area contributed by atoms with Crippen molar-refractivity contribution < 1.29 is 0 Å². The van der Waals surface area contributed by atoms with Crippen molar-refractivity contribution in [1.29, 1.82) is 0 Å². The van der Waals surface area contributed by atoms with E-state index in [9.17, 15) is 0 Å². The smallest absolute Gasteiger partial charge is 0.0412 e. The average molecular weight is 253 g/mol. The number of anilines is 1. The molecular formula is C14H21ClN2. The van der Waals surface area contributed by atoms with Crippen molar-refractivity contribution in [3.05, 3.63) is 28.8 Å². The first kappa shape index (κ1) is 12.7. The molecular weight excluding hydrogens is 232 g/mol. The van der Waals surface area contributed by atoms with E-state index in [1.54, 1.807) is 0 Å². The molecule has 1 atom stereocenters. The van der Waals surface area contributed by atoms with E-state index in [1.165, 1.54) is 37.2 Å². The summed E-state index contributed by atoms with van der Waals surface area (Å²) in [6, 6.07) is 6.23. The Hall–Kier alpha value is -0.730. The molecule has 1 unspecified atom stereocenters. The Morgan fingerprint density at radius 3 is 3.00 bits per heavy atom. The number of rotatable bonds is 3. The van der Waals surface area contributed by atoms with Crippen molar-refractivity contribution in [2.75, 3.05) is 25.0 Å². The lowest BCUT2D eigenvalue weighted by Crippen LogP contribution is -2.35. The second-order valence-electron chi connectivity index (χ2n) is 5.00. The van der Waals surface area contributed by atoms with E-state index in [1.807, 2.05) is 13.1 Å². The highest BCUT2D eigenvalue weighted by Gasteiger charge is 2.18. The second-order valence-corrected chi connectivity index (χ2v) is 5.43. The van der Waals surface area contributed by atoms with Crippen LogP contribution in [0.25, 0.3) is 0 Å². The Labute approximate surface area is 109 Å². The molecule has 1 aromatic carbocycles. The van der Waals surface area contributed by atoms with Gasteiger partial charge in [0.2, 0.25) is 0 Å². The first-order valence-electron chi connectivity index (χ1n) is 6.38. The summed E-state index contributed by atoms with van der Waals surface area (Å²) in [4.78, 5) is 2.50. The molecule has 94 valence electrons. The van der Waals surface area contributed by atoms with E-state index >= 15 is 0 Å². The molecule has 1 saturated heterocycles. The second kappa shape index (κ2) is 5.74. The molecule has 0 aliphatic carbocycles. The largest absolute Gasteiger partial charge is 0.371 e. The zero-order valence-electron chi connectivity index (χ0n) is 10.7. The van der Waals surface area contributed by atoms with Crippen LogP contribution in [0.2, 0.25) is 5.02 Å². The lowest BCUT2D eigenvalue weighted by atomic mass is 9.99. The Morgan fingerprint density at radius 2 is 2.29 bits per heavy atom. The zero-order chi connectivity index (χ0) is 12.3. The number of nitrogens with one attached hydrogen (secondary N) is 1. The van der Waals surface area contributed by atoms with Crippen molar-refractivity contribution in [3.8, 4) is 0 Å². The van der Waals surface area contributed by atoms with Gasteiger partial charge in [-0.2, -0.15) is 0 Å². The molecule has 1 aromatic rings. The lowest BCUT2D eigenvalue weighted by molar-refractivity contribution is 0.446. The van der Waals surface area contributed by atoms with Gasteiger partial charge in [0.05, 0.1) is 0 Å². The third kappa shape index (κ3) is 3.14. The normalized spacial score (nSPS) is 20.6. The fraction of sp³-hybridized carbons (Fsp3) is 0.571. The quantitative estimate of drug-likeness (QED) is 0.888. The summed E-state index contributed by atoms with van der Waals surface area (Å²) in [5.74, 6) is 0.793. The van der Waals surface area contributed by atoms with Crippen LogP contribution >= 0.6 is 11.6 Å². The minimum atomic E-state index is 0.793. The standard InChI is InChI=1S/C14H21ClN2/c1-11-4-3-7-17(10-11)14-6-5-13(15)8-12(14)9-16-2/h5-6,8,11,16H,3-4,7,9-10H2,1-2H3. The zero-order valence-corrected chi connectivity index (χ0v) is 11.4. The summed E-state index contributed by atoms with van der Waals surface area (Å²) in [6.45, 7) is 5.54. The maximum atomic E-state index is 6.07. The van der Waals surface area contributed by atoms with Crippen molar-refractivity contribution >= 4 is 17.3 Å². The van der Waals surface area contributed by atoms with Crippen LogP contribution in [0.15, 0.2) is 18.2 Å². The van der Waals surface area contributed by atoms with Gasteiger partial charge in [-0.25, -0.2) is 0 Å². The van der Waals surface area contributed by atoms with E-state index in [2.05, 4.69) is 29.3 Å². The van der Waals surface area contributed by atoms with Gasteiger partial charge in [0.1, 0.15) is 0 Å².